The number of aryl methyl sites for hydroxylation is 1. The summed E-state index contributed by atoms with van der Waals surface area (Å²) in [7, 11) is -0.196. The first-order valence-electron chi connectivity index (χ1n) is 13.7. The molecule has 0 aliphatic carbocycles. The zero-order chi connectivity index (χ0) is 31.7. The molecule has 0 saturated carbocycles. The molecule has 0 aliphatic heterocycles. The van der Waals surface area contributed by atoms with E-state index in [4.69, 9.17) is 25.8 Å². The molecule has 0 bridgehead atoms. The van der Waals surface area contributed by atoms with Crippen LogP contribution >= 0.6 is 11.6 Å². The van der Waals surface area contributed by atoms with Crippen molar-refractivity contribution in [1.29, 1.82) is 0 Å². The highest BCUT2D eigenvalue weighted by Gasteiger charge is 2.35. The molecule has 232 valence electrons. The number of hydrogen-bond acceptors (Lipinski definition) is 7. The Morgan fingerprint density at radius 3 is 2.09 bits per heavy atom. The second kappa shape index (κ2) is 15.0. The van der Waals surface area contributed by atoms with Crippen LogP contribution in [0.15, 0.2) is 65.6 Å². The van der Waals surface area contributed by atoms with E-state index < -0.39 is 28.5 Å². The largest absolute Gasteiger partial charge is 0.495 e. The highest BCUT2D eigenvalue weighted by Crippen LogP contribution is 2.37. The van der Waals surface area contributed by atoms with E-state index in [0.29, 0.717) is 18.7 Å². The number of rotatable bonds is 14. The molecule has 0 aliphatic rings. The summed E-state index contributed by atoms with van der Waals surface area (Å²) in [6.07, 6.45) is 0.312. The number of methoxy groups -OCH3 is 3. The first-order chi connectivity index (χ1) is 20.5. The number of ether oxygens (including phenoxy) is 3. The van der Waals surface area contributed by atoms with Crippen LogP contribution in [-0.4, -0.2) is 65.6 Å². The first-order valence-corrected chi connectivity index (χ1v) is 15.5. The molecule has 43 heavy (non-hydrogen) atoms. The molecular weight excluding hydrogens is 594 g/mol. The summed E-state index contributed by atoms with van der Waals surface area (Å²) in [5.41, 5.74) is 1.88. The van der Waals surface area contributed by atoms with Crippen LogP contribution in [0.25, 0.3) is 0 Å². The van der Waals surface area contributed by atoms with E-state index in [2.05, 4.69) is 5.32 Å². The van der Waals surface area contributed by atoms with Crippen molar-refractivity contribution in [3.63, 3.8) is 0 Å². The zero-order valence-corrected chi connectivity index (χ0v) is 26.8. The summed E-state index contributed by atoms with van der Waals surface area (Å²) in [5.74, 6) is -0.218. The van der Waals surface area contributed by atoms with E-state index in [0.717, 1.165) is 15.4 Å². The van der Waals surface area contributed by atoms with Gasteiger partial charge in [0.2, 0.25) is 11.8 Å². The standard InChI is InChI=1S/C31H38ClN3O7S/c1-7-25(31(37)33-8-2)34(19-22-11-9-21(3)10-12-22)30(36)20-35(26-17-23(32)13-15-27(26)40-4)43(38,39)24-14-16-28(41-5)29(18-24)42-6/h9-18,25H,7-8,19-20H2,1-6H3,(H,33,37)/t25-/m0/s1. The summed E-state index contributed by atoms with van der Waals surface area (Å²) < 4.78 is 45.6. The maximum Gasteiger partial charge on any atom is 0.265 e. The van der Waals surface area contributed by atoms with Crippen molar-refractivity contribution < 1.29 is 32.2 Å². The molecular formula is C31H38ClN3O7S. The number of nitrogens with one attached hydrogen (secondary N) is 1. The van der Waals surface area contributed by atoms with Crippen LogP contribution in [-0.2, 0) is 26.2 Å². The second-order valence-electron chi connectivity index (χ2n) is 9.67. The molecule has 0 radical (unpaired) electrons. The van der Waals surface area contributed by atoms with Gasteiger partial charge >= 0.3 is 0 Å². The molecule has 0 fully saturated rings. The maximum atomic E-state index is 14.3. The predicted molar refractivity (Wildman–Crippen MR) is 167 cm³/mol. The molecule has 12 heteroatoms. The van der Waals surface area contributed by atoms with Gasteiger partial charge in [-0.15, -0.1) is 0 Å². The van der Waals surface area contributed by atoms with Crippen LogP contribution in [0.5, 0.6) is 17.2 Å². The van der Waals surface area contributed by atoms with Gasteiger partial charge in [-0.1, -0.05) is 48.4 Å². The topological polar surface area (TPSA) is 114 Å². The number of halogens is 1. The van der Waals surface area contributed by atoms with Crippen molar-refractivity contribution in [3.05, 3.63) is 76.8 Å². The number of amides is 2. The highest BCUT2D eigenvalue weighted by molar-refractivity contribution is 7.92. The average Bonchev–Trinajstić information content (AvgIpc) is 3.00. The van der Waals surface area contributed by atoms with Crippen LogP contribution in [0.3, 0.4) is 0 Å². The Bertz CT molecular complexity index is 1530. The number of carbonyl (C=O) groups excluding carboxylic acids is 2. The Morgan fingerprint density at radius 2 is 1.51 bits per heavy atom. The fourth-order valence-corrected chi connectivity index (χ4v) is 6.18. The van der Waals surface area contributed by atoms with E-state index in [1.165, 1.54) is 56.6 Å². The number of likely N-dealkylation sites (N-methyl/N-ethyl adjacent to an activating group) is 1. The number of anilines is 1. The van der Waals surface area contributed by atoms with E-state index in [9.17, 15) is 18.0 Å². The lowest BCUT2D eigenvalue weighted by Crippen LogP contribution is -2.52. The van der Waals surface area contributed by atoms with Gasteiger partial charge in [0, 0.05) is 24.2 Å². The smallest absolute Gasteiger partial charge is 0.265 e. The summed E-state index contributed by atoms with van der Waals surface area (Å²) >= 11 is 6.31. The second-order valence-corrected chi connectivity index (χ2v) is 12.0. The molecule has 0 heterocycles. The Morgan fingerprint density at radius 1 is 0.884 bits per heavy atom. The molecule has 0 aromatic heterocycles. The van der Waals surface area contributed by atoms with Gasteiger partial charge in [-0.05, 0) is 56.2 Å². The van der Waals surface area contributed by atoms with E-state index in [-0.39, 0.29) is 39.6 Å². The summed E-state index contributed by atoms with van der Waals surface area (Å²) in [6.45, 7) is 5.36. The van der Waals surface area contributed by atoms with Crippen molar-refractivity contribution in [3.8, 4) is 17.2 Å². The minimum absolute atomic E-state index is 0.0551. The molecule has 3 aromatic rings. The normalized spacial score (nSPS) is 11.8. The molecule has 10 nitrogen and oxygen atoms in total. The number of carbonyl (C=O) groups is 2. The van der Waals surface area contributed by atoms with Crippen LogP contribution in [0.2, 0.25) is 5.02 Å². The van der Waals surface area contributed by atoms with Crippen LogP contribution in [0.4, 0.5) is 5.69 Å². The van der Waals surface area contributed by atoms with E-state index >= 15 is 0 Å². The monoisotopic (exact) mass is 631 g/mol. The maximum absolute atomic E-state index is 14.3. The fourth-order valence-electron chi connectivity index (χ4n) is 4.58. The van der Waals surface area contributed by atoms with Gasteiger partial charge in [-0.25, -0.2) is 8.42 Å². The molecule has 2 amide bonds. The summed E-state index contributed by atoms with van der Waals surface area (Å²) in [6, 6.07) is 15.4. The predicted octanol–water partition coefficient (Wildman–Crippen LogP) is 4.81. The Labute approximate surface area is 258 Å². The number of hydrogen-bond donors (Lipinski definition) is 1. The molecule has 1 atom stereocenters. The minimum Gasteiger partial charge on any atom is -0.495 e. The first kappa shape index (κ1) is 33.5. The zero-order valence-electron chi connectivity index (χ0n) is 25.2. The Balaban J connectivity index is 2.17. The third kappa shape index (κ3) is 7.91. The lowest BCUT2D eigenvalue weighted by molar-refractivity contribution is -0.140. The van der Waals surface area contributed by atoms with Crippen molar-refractivity contribution in [2.75, 3.05) is 38.7 Å². The van der Waals surface area contributed by atoms with Gasteiger partial charge in [0.1, 0.15) is 18.3 Å². The van der Waals surface area contributed by atoms with Crippen LogP contribution in [0, 0.1) is 6.92 Å². The number of sulfonamides is 1. The van der Waals surface area contributed by atoms with E-state index in [1.54, 1.807) is 19.9 Å². The van der Waals surface area contributed by atoms with Crippen LogP contribution in [0.1, 0.15) is 31.4 Å². The quantitative estimate of drug-likeness (QED) is 0.271. The van der Waals surface area contributed by atoms with Gasteiger partial charge in [0.05, 0.1) is 31.9 Å². The Kier molecular flexibility index (Phi) is 11.7. The summed E-state index contributed by atoms with van der Waals surface area (Å²) in [4.78, 5) is 28.6. The fraction of sp³-hybridized carbons (Fsp3) is 0.355. The lowest BCUT2D eigenvalue weighted by atomic mass is 10.1. The SMILES string of the molecule is CCNC(=O)[C@H](CC)N(Cc1ccc(C)cc1)C(=O)CN(c1cc(Cl)ccc1OC)S(=O)(=O)c1ccc(OC)c(OC)c1. The highest BCUT2D eigenvalue weighted by atomic mass is 35.5. The average molecular weight is 632 g/mol. The lowest BCUT2D eigenvalue weighted by Gasteiger charge is -2.33. The van der Waals surface area contributed by atoms with Gasteiger partial charge in [0.15, 0.2) is 11.5 Å². The molecule has 3 aromatic carbocycles. The van der Waals surface area contributed by atoms with Crippen molar-refractivity contribution in [2.45, 2.75) is 44.7 Å². The van der Waals surface area contributed by atoms with E-state index in [1.807, 2.05) is 31.2 Å². The van der Waals surface area contributed by atoms with Crippen molar-refractivity contribution >= 4 is 39.1 Å². The molecule has 0 spiro atoms. The van der Waals surface area contributed by atoms with Gasteiger partial charge in [0.25, 0.3) is 10.0 Å². The Hall–Kier alpha value is -3.96. The molecule has 0 unspecified atom stereocenters. The van der Waals surface area contributed by atoms with Crippen molar-refractivity contribution in [2.24, 2.45) is 0 Å². The minimum atomic E-state index is -4.42. The van der Waals surface area contributed by atoms with Gasteiger partial charge < -0.3 is 24.4 Å². The van der Waals surface area contributed by atoms with Crippen molar-refractivity contribution in [1.82, 2.24) is 10.2 Å². The van der Waals surface area contributed by atoms with Gasteiger partial charge in [-0.3, -0.25) is 13.9 Å². The molecule has 1 N–H and O–H groups in total. The molecule has 3 rings (SSSR count). The number of nitrogens with zero attached hydrogens (tertiary/aromatic N) is 2. The molecule has 0 saturated heterocycles. The van der Waals surface area contributed by atoms with Crippen LogP contribution < -0.4 is 23.8 Å². The van der Waals surface area contributed by atoms with Gasteiger partial charge in [-0.2, -0.15) is 0 Å². The third-order valence-electron chi connectivity index (χ3n) is 6.84. The third-order valence-corrected chi connectivity index (χ3v) is 8.83. The summed E-state index contributed by atoms with van der Waals surface area (Å²) in [5, 5.41) is 3.03. The number of benzene rings is 3.